The summed E-state index contributed by atoms with van der Waals surface area (Å²) in [5.41, 5.74) is 0.819. The number of rotatable bonds is 6. The second-order valence-corrected chi connectivity index (χ2v) is 4.64. The molecule has 0 spiro atoms. The van der Waals surface area contributed by atoms with Gasteiger partial charge in [-0.1, -0.05) is 17.7 Å². The first-order valence-electron chi connectivity index (χ1n) is 6.29. The third-order valence-corrected chi connectivity index (χ3v) is 3.15. The first-order chi connectivity index (χ1) is 9.74. The normalized spacial score (nSPS) is 11.9. The molecule has 1 unspecified atom stereocenters. The molecule has 5 heteroatoms. The van der Waals surface area contributed by atoms with Crippen LogP contribution in [0.5, 0.6) is 11.5 Å². The first kappa shape index (κ1) is 14.6. The number of hydrogen-bond acceptors (Lipinski definition) is 4. The monoisotopic (exact) mass is 292 g/mol. The van der Waals surface area contributed by atoms with Crippen LogP contribution in [0, 0.1) is 0 Å². The van der Waals surface area contributed by atoms with Crippen LogP contribution >= 0.6 is 11.6 Å². The lowest BCUT2D eigenvalue weighted by molar-refractivity contribution is 0.266. The number of likely N-dealkylation sites (N-methyl/N-ethyl adjacent to an activating group) is 1. The van der Waals surface area contributed by atoms with Gasteiger partial charge in [0.1, 0.15) is 23.8 Å². The van der Waals surface area contributed by atoms with Crippen molar-refractivity contribution in [2.75, 3.05) is 20.8 Å². The van der Waals surface area contributed by atoms with Crippen LogP contribution in [0.15, 0.2) is 42.6 Å². The molecule has 0 aliphatic heterocycles. The van der Waals surface area contributed by atoms with Crippen molar-refractivity contribution in [2.24, 2.45) is 0 Å². The van der Waals surface area contributed by atoms with E-state index in [9.17, 15) is 0 Å². The van der Waals surface area contributed by atoms with Crippen LogP contribution in [0.1, 0.15) is 11.7 Å². The van der Waals surface area contributed by atoms with Crippen molar-refractivity contribution in [3.63, 3.8) is 0 Å². The Morgan fingerprint density at radius 3 is 2.85 bits per heavy atom. The van der Waals surface area contributed by atoms with E-state index in [0.29, 0.717) is 11.6 Å². The molecule has 1 aromatic heterocycles. The number of aromatic nitrogens is 1. The molecule has 0 aliphatic rings. The largest absolute Gasteiger partial charge is 0.495 e. The second kappa shape index (κ2) is 7.12. The van der Waals surface area contributed by atoms with Gasteiger partial charge in [-0.05, 0) is 37.4 Å². The fourth-order valence-electron chi connectivity index (χ4n) is 1.87. The number of halogens is 1. The number of nitrogens with zero attached hydrogens (tertiary/aromatic N) is 1. The van der Waals surface area contributed by atoms with Crippen molar-refractivity contribution in [1.82, 2.24) is 10.3 Å². The number of hydrogen-bond donors (Lipinski definition) is 1. The van der Waals surface area contributed by atoms with E-state index in [0.717, 1.165) is 17.2 Å². The summed E-state index contributed by atoms with van der Waals surface area (Å²) >= 11 is 5.93. The van der Waals surface area contributed by atoms with E-state index < -0.39 is 0 Å². The standard InChI is InChI=1S/C15H17ClN2O2/c1-17-13(15-14(19-2)7-4-8-18-15)10-20-12-6-3-5-11(16)9-12/h3-9,13,17H,10H2,1-2H3. The molecule has 0 bridgehead atoms. The van der Waals surface area contributed by atoms with Gasteiger partial charge in [0.15, 0.2) is 0 Å². The summed E-state index contributed by atoms with van der Waals surface area (Å²) in [7, 11) is 3.49. The van der Waals surface area contributed by atoms with Crippen LogP contribution in [0.25, 0.3) is 0 Å². The van der Waals surface area contributed by atoms with Gasteiger partial charge in [-0.2, -0.15) is 0 Å². The maximum Gasteiger partial charge on any atom is 0.142 e. The van der Waals surface area contributed by atoms with E-state index >= 15 is 0 Å². The molecule has 0 radical (unpaired) electrons. The molecule has 0 saturated carbocycles. The van der Waals surface area contributed by atoms with Crippen LogP contribution in [-0.2, 0) is 0 Å². The van der Waals surface area contributed by atoms with E-state index in [-0.39, 0.29) is 6.04 Å². The molecule has 1 N–H and O–H groups in total. The highest BCUT2D eigenvalue weighted by molar-refractivity contribution is 6.30. The molecule has 4 nitrogen and oxygen atoms in total. The highest BCUT2D eigenvalue weighted by Crippen LogP contribution is 2.24. The topological polar surface area (TPSA) is 43.4 Å². The number of pyridine rings is 1. The van der Waals surface area contributed by atoms with Crippen LogP contribution in [0.2, 0.25) is 5.02 Å². The average Bonchev–Trinajstić information content (AvgIpc) is 2.48. The summed E-state index contributed by atoms with van der Waals surface area (Å²) in [6.07, 6.45) is 1.74. The third kappa shape index (κ3) is 3.62. The van der Waals surface area contributed by atoms with E-state index in [1.54, 1.807) is 19.4 Å². The van der Waals surface area contributed by atoms with Crippen molar-refractivity contribution in [3.05, 3.63) is 53.3 Å². The van der Waals surface area contributed by atoms with Crippen molar-refractivity contribution in [2.45, 2.75) is 6.04 Å². The molecule has 1 heterocycles. The average molecular weight is 293 g/mol. The predicted molar refractivity (Wildman–Crippen MR) is 79.5 cm³/mol. The van der Waals surface area contributed by atoms with Gasteiger partial charge in [-0.15, -0.1) is 0 Å². The Hall–Kier alpha value is -1.78. The lowest BCUT2D eigenvalue weighted by atomic mass is 10.2. The van der Waals surface area contributed by atoms with E-state index in [1.165, 1.54) is 0 Å². The van der Waals surface area contributed by atoms with Crippen LogP contribution in [0.4, 0.5) is 0 Å². The van der Waals surface area contributed by atoms with Crippen LogP contribution < -0.4 is 14.8 Å². The molecule has 0 aliphatic carbocycles. The quantitative estimate of drug-likeness (QED) is 0.888. The van der Waals surface area contributed by atoms with Gasteiger partial charge in [0.25, 0.3) is 0 Å². The van der Waals surface area contributed by atoms with Gasteiger partial charge < -0.3 is 14.8 Å². The van der Waals surface area contributed by atoms with Gasteiger partial charge in [-0.3, -0.25) is 4.98 Å². The zero-order valence-electron chi connectivity index (χ0n) is 11.5. The van der Waals surface area contributed by atoms with Crippen molar-refractivity contribution in [1.29, 1.82) is 0 Å². The second-order valence-electron chi connectivity index (χ2n) is 4.20. The smallest absolute Gasteiger partial charge is 0.142 e. The Morgan fingerprint density at radius 1 is 1.30 bits per heavy atom. The fourth-order valence-corrected chi connectivity index (χ4v) is 2.05. The molecule has 106 valence electrons. The van der Waals surface area contributed by atoms with Crippen LogP contribution in [0.3, 0.4) is 0 Å². The zero-order chi connectivity index (χ0) is 14.4. The molecule has 20 heavy (non-hydrogen) atoms. The third-order valence-electron chi connectivity index (χ3n) is 2.91. The minimum absolute atomic E-state index is 0.0647. The Morgan fingerprint density at radius 2 is 2.15 bits per heavy atom. The number of benzene rings is 1. The van der Waals surface area contributed by atoms with E-state index in [2.05, 4.69) is 10.3 Å². The molecule has 0 fully saturated rings. The maximum absolute atomic E-state index is 5.93. The summed E-state index contributed by atoms with van der Waals surface area (Å²) in [5, 5.41) is 3.83. The highest BCUT2D eigenvalue weighted by atomic mass is 35.5. The van der Waals surface area contributed by atoms with E-state index in [4.69, 9.17) is 21.1 Å². The molecule has 0 amide bonds. The summed E-state index contributed by atoms with van der Waals surface area (Å²) in [6.45, 7) is 0.435. The Bertz CT molecular complexity index is 563. The summed E-state index contributed by atoms with van der Waals surface area (Å²) in [6, 6.07) is 11.0. The first-order valence-corrected chi connectivity index (χ1v) is 6.67. The highest BCUT2D eigenvalue weighted by Gasteiger charge is 2.16. The molecule has 1 atom stereocenters. The molecule has 2 rings (SSSR count). The molecule has 1 aromatic carbocycles. The maximum atomic E-state index is 5.93. The minimum atomic E-state index is -0.0647. The minimum Gasteiger partial charge on any atom is -0.495 e. The van der Waals surface area contributed by atoms with Crippen molar-refractivity contribution < 1.29 is 9.47 Å². The lowest BCUT2D eigenvalue weighted by Crippen LogP contribution is -2.24. The van der Waals surface area contributed by atoms with Gasteiger partial charge in [0.05, 0.1) is 13.2 Å². The van der Waals surface area contributed by atoms with Crippen molar-refractivity contribution >= 4 is 11.6 Å². The van der Waals surface area contributed by atoms with Gasteiger partial charge in [-0.25, -0.2) is 0 Å². The number of ether oxygens (including phenoxy) is 2. The molecule has 0 saturated heterocycles. The number of methoxy groups -OCH3 is 1. The Kier molecular flexibility index (Phi) is 5.21. The predicted octanol–water partition coefficient (Wildman–Crippen LogP) is 3.08. The Labute approximate surface area is 123 Å². The fraction of sp³-hybridized carbons (Fsp3) is 0.267. The van der Waals surface area contributed by atoms with Crippen molar-refractivity contribution in [3.8, 4) is 11.5 Å². The van der Waals surface area contributed by atoms with E-state index in [1.807, 2.05) is 37.4 Å². The molecular weight excluding hydrogens is 276 g/mol. The summed E-state index contributed by atoms with van der Waals surface area (Å²) < 4.78 is 11.1. The molecule has 2 aromatic rings. The zero-order valence-corrected chi connectivity index (χ0v) is 12.2. The van der Waals surface area contributed by atoms with Gasteiger partial charge in [0, 0.05) is 11.2 Å². The van der Waals surface area contributed by atoms with Crippen LogP contribution in [-0.4, -0.2) is 25.7 Å². The lowest BCUT2D eigenvalue weighted by Gasteiger charge is -2.18. The SMILES string of the molecule is CNC(COc1cccc(Cl)c1)c1ncccc1OC. The number of nitrogens with one attached hydrogen (secondary N) is 1. The summed E-state index contributed by atoms with van der Waals surface area (Å²) in [4.78, 5) is 4.36. The summed E-state index contributed by atoms with van der Waals surface area (Å²) in [5.74, 6) is 1.47. The van der Waals surface area contributed by atoms with Gasteiger partial charge in [0.2, 0.25) is 0 Å². The van der Waals surface area contributed by atoms with Gasteiger partial charge >= 0.3 is 0 Å². The molecular formula is C15H17ClN2O2. The Balaban J connectivity index is 2.09.